The number of carbonyl (C=O) groups is 1. The number of H-pyrrole nitrogens is 1. The molecule has 3 unspecified atom stereocenters. The van der Waals surface area contributed by atoms with E-state index in [9.17, 15) is 14.7 Å². The lowest BCUT2D eigenvalue weighted by molar-refractivity contribution is -0.144. The molecule has 1 aromatic carbocycles. The minimum atomic E-state index is -0.839. The summed E-state index contributed by atoms with van der Waals surface area (Å²) in [7, 11) is 0. The van der Waals surface area contributed by atoms with Crippen LogP contribution in [0.1, 0.15) is 29.6 Å². The Hall–Kier alpha value is -2.38. The van der Waals surface area contributed by atoms with Gasteiger partial charge in [0, 0.05) is 64.4 Å². The molecule has 5 rings (SSSR count). The molecule has 2 aliphatic rings. The molecule has 6 nitrogen and oxygen atoms in total. The fourth-order valence-electron chi connectivity index (χ4n) is 4.98. The minimum absolute atomic E-state index is 0.0395. The first-order valence-corrected chi connectivity index (χ1v) is 10.2. The number of carboxylic acids is 1. The van der Waals surface area contributed by atoms with Crippen molar-refractivity contribution < 1.29 is 9.90 Å². The SMILES string of the molecule is O=C(O)C(c1c[nH]c2cc(Br)ccc12)N1CC2CC(C1)c1cccc(=O)n1C2. The molecule has 0 radical (unpaired) electrons. The summed E-state index contributed by atoms with van der Waals surface area (Å²) in [5.74, 6) is -0.371. The van der Waals surface area contributed by atoms with Crippen LogP contribution in [-0.4, -0.2) is 38.6 Å². The molecule has 2 bridgehead atoms. The van der Waals surface area contributed by atoms with Gasteiger partial charge in [0.05, 0.1) is 0 Å². The number of aromatic amines is 1. The molecule has 3 atom stereocenters. The van der Waals surface area contributed by atoms with Gasteiger partial charge in [-0.15, -0.1) is 0 Å². The first-order valence-electron chi connectivity index (χ1n) is 9.44. The number of benzene rings is 1. The third-order valence-electron chi connectivity index (χ3n) is 6.08. The van der Waals surface area contributed by atoms with Gasteiger partial charge in [-0.2, -0.15) is 0 Å². The zero-order chi connectivity index (χ0) is 19.4. The number of nitrogens with one attached hydrogen (secondary N) is 1. The van der Waals surface area contributed by atoms with Crippen molar-refractivity contribution in [1.82, 2.24) is 14.5 Å². The van der Waals surface area contributed by atoms with Gasteiger partial charge in [0.15, 0.2) is 0 Å². The maximum absolute atomic E-state index is 12.3. The molecule has 3 aromatic rings. The van der Waals surface area contributed by atoms with E-state index >= 15 is 0 Å². The highest BCUT2D eigenvalue weighted by Crippen LogP contribution is 2.39. The number of pyridine rings is 1. The molecule has 0 spiro atoms. The molecule has 2 N–H and O–H groups in total. The van der Waals surface area contributed by atoms with Gasteiger partial charge in [0.2, 0.25) is 0 Å². The average Bonchev–Trinajstić information content (AvgIpc) is 3.05. The fraction of sp³-hybridized carbons (Fsp3) is 0.333. The van der Waals surface area contributed by atoms with Crippen LogP contribution in [-0.2, 0) is 11.3 Å². The smallest absolute Gasteiger partial charge is 0.325 e. The van der Waals surface area contributed by atoms with Crippen molar-refractivity contribution in [1.29, 1.82) is 0 Å². The largest absolute Gasteiger partial charge is 0.480 e. The van der Waals surface area contributed by atoms with Crippen LogP contribution in [0.5, 0.6) is 0 Å². The van der Waals surface area contributed by atoms with E-state index in [2.05, 4.69) is 25.8 Å². The third-order valence-corrected chi connectivity index (χ3v) is 6.57. The number of likely N-dealkylation sites (tertiary alicyclic amines) is 1. The number of aliphatic carboxylic acids is 1. The Bertz CT molecular complexity index is 1140. The number of fused-ring (bicyclic) bond motifs is 5. The summed E-state index contributed by atoms with van der Waals surface area (Å²) >= 11 is 3.46. The number of carboxylic acid groups (broad SMARTS) is 1. The van der Waals surface area contributed by atoms with Crippen molar-refractivity contribution in [2.45, 2.75) is 24.9 Å². The summed E-state index contributed by atoms with van der Waals surface area (Å²) in [5.41, 5.74) is 2.78. The normalized spacial score (nSPS) is 22.8. The standard InChI is InChI=1S/C21H20BrN3O3/c22-14-4-5-15-16(8-23-17(15)7-14)20(21(27)28)24-9-12-6-13(11-24)18-2-1-3-19(26)25(18)10-12/h1-5,7-8,12-13,20,23H,6,9-11H2,(H,27,28). The van der Waals surface area contributed by atoms with Gasteiger partial charge in [-0.3, -0.25) is 14.5 Å². The van der Waals surface area contributed by atoms with Crippen molar-refractivity contribution in [2.24, 2.45) is 5.92 Å². The van der Waals surface area contributed by atoms with Gasteiger partial charge < -0.3 is 14.7 Å². The second-order valence-electron chi connectivity index (χ2n) is 7.83. The van der Waals surface area contributed by atoms with E-state index in [0.29, 0.717) is 19.6 Å². The summed E-state index contributed by atoms with van der Waals surface area (Å²) < 4.78 is 2.82. The van der Waals surface area contributed by atoms with Crippen molar-refractivity contribution in [3.8, 4) is 0 Å². The molecule has 1 saturated heterocycles. The molecular weight excluding hydrogens is 422 g/mol. The molecule has 0 aliphatic carbocycles. The number of rotatable bonds is 3. The third kappa shape index (κ3) is 2.81. The molecular formula is C21H20BrN3O3. The van der Waals surface area contributed by atoms with Crippen LogP contribution in [0.15, 0.2) is 51.9 Å². The molecule has 0 saturated carbocycles. The lowest BCUT2D eigenvalue weighted by Crippen LogP contribution is -2.49. The van der Waals surface area contributed by atoms with E-state index in [1.54, 1.807) is 12.1 Å². The highest BCUT2D eigenvalue weighted by molar-refractivity contribution is 9.10. The molecule has 28 heavy (non-hydrogen) atoms. The summed E-state index contributed by atoms with van der Waals surface area (Å²) in [6, 6.07) is 10.6. The number of hydrogen-bond donors (Lipinski definition) is 2. The van der Waals surface area contributed by atoms with Crippen molar-refractivity contribution >= 4 is 32.8 Å². The zero-order valence-corrected chi connectivity index (χ0v) is 16.7. The average molecular weight is 442 g/mol. The topological polar surface area (TPSA) is 78.3 Å². The van der Waals surface area contributed by atoms with E-state index in [-0.39, 0.29) is 17.4 Å². The molecule has 1 fully saturated rings. The maximum Gasteiger partial charge on any atom is 0.325 e. The van der Waals surface area contributed by atoms with Crippen LogP contribution >= 0.6 is 15.9 Å². The minimum Gasteiger partial charge on any atom is -0.480 e. The van der Waals surface area contributed by atoms with Crippen LogP contribution in [0.25, 0.3) is 10.9 Å². The summed E-state index contributed by atoms with van der Waals surface area (Å²) in [6.45, 7) is 1.98. The van der Waals surface area contributed by atoms with Crippen molar-refractivity contribution in [3.63, 3.8) is 0 Å². The van der Waals surface area contributed by atoms with Gasteiger partial charge in [-0.1, -0.05) is 28.1 Å². The van der Waals surface area contributed by atoms with Gasteiger partial charge >= 0.3 is 5.97 Å². The first kappa shape index (κ1) is 17.7. The quantitative estimate of drug-likeness (QED) is 0.653. The zero-order valence-electron chi connectivity index (χ0n) is 15.1. The molecule has 0 amide bonds. The Labute approximate surface area is 169 Å². The second-order valence-corrected chi connectivity index (χ2v) is 8.74. The van der Waals surface area contributed by atoms with Gasteiger partial charge in [-0.25, -0.2) is 0 Å². The molecule has 2 aromatic heterocycles. The molecule has 7 heteroatoms. The number of aromatic nitrogens is 2. The van der Waals surface area contributed by atoms with E-state index in [1.807, 2.05) is 35.0 Å². The van der Waals surface area contributed by atoms with Crippen molar-refractivity contribution in [2.75, 3.05) is 13.1 Å². The van der Waals surface area contributed by atoms with Crippen LogP contribution in [0, 0.1) is 5.92 Å². The number of halogens is 1. The van der Waals surface area contributed by atoms with Crippen LogP contribution < -0.4 is 5.56 Å². The first-order chi connectivity index (χ1) is 13.5. The van der Waals surface area contributed by atoms with Gasteiger partial charge in [0.25, 0.3) is 5.56 Å². The predicted octanol–water partition coefficient (Wildman–Crippen LogP) is 3.34. The Balaban J connectivity index is 1.54. The highest BCUT2D eigenvalue weighted by Gasteiger charge is 2.40. The van der Waals surface area contributed by atoms with Crippen LogP contribution in [0.3, 0.4) is 0 Å². The maximum atomic E-state index is 12.3. The predicted molar refractivity (Wildman–Crippen MR) is 109 cm³/mol. The van der Waals surface area contributed by atoms with E-state index in [1.165, 1.54) is 0 Å². The molecule has 2 aliphatic heterocycles. The number of piperidine rings is 1. The number of hydrogen-bond acceptors (Lipinski definition) is 3. The Kier molecular flexibility index (Phi) is 4.17. The van der Waals surface area contributed by atoms with Gasteiger partial charge in [-0.05, 0) is 30.5 Å². The highest BCUT2D eigenvalue weighted by atomic mass is 79.9. The Morgan fingerprint density at radius 1 is 1.21 bits per heavy atom. The monoisotopic (exact) mass is 441 g/mol. The number of nitrogens with zero attached hydrogens (tertiary/aromatic N) is 2. The Morgan fingerprint density at radius 2 is 2.07 bits per heavy atom. The summed E-state index contributed by atoms with van der Waals surface area (Å²) in [4.78, 5) is 29.8. The van der Waals surface area contributed by atoms with Crippen molar-refractivity contribution in [3.05, 3.63) is 68.7 Å². The Morgan fingerprint density at radius 3 is 2.89 bits per heavy atom. The van der Waals surface area contributed by atoms with E-state index in [0.717, 1.165) is 33.1 Å². The van der Waals surface area contributed by atoms with Crippen LogP contribution in [0.4, 0.5) is 0 Å². The molecule has 144 valence electrons. The van der Waals surface area contributed by atoms with Gasteiger partial charge in [0.1, 0.15) is 6.04 Å². The second kappa shape index (κ2) is 6.60. The lowest BCUT2D eigenvalue weighted by atomic mass is 9.82. The summed E-state index contributed by atoms with van der Waals surface area (Å²) in [6.07, 6.45) is 2.83. The fourth-order valence-corrected chi connectivity index (χ4v) is 5.34. The van der Waals surface area contributed by atoms with E-state index < -0.39 is 12.0 Å². The lowest BCUT2D eigenvalue weighted by Gasteiger charge is -2.44. The van der Waals surface area contributed by atoms with E-state index in [4.69, 9.17) is 0 Å². The molecule has 4 heterocycles. The van der Waals surface area contributed by atoms with Crippen LogP contribution in [0.2, 0.25) is 0 Å². The summed E-state index contributed by atoms with van der Waals surface area (Å²) in [5, 5.41) is 11.0.